The average Bonchev–Trinajstić information content (AvgIpc) is 2.97. The fraction of sp³-hybridized carbons (Fsp3) is 0.583. The van der Waals surface area contributed by atoms with Crippen LogP contribution >= 0.6 is 11.8 Å². The van der Waals surface area contributed by atoms with E-state index in [0.29, 0.717) is 69.2 Å². The van der Waals surface area contributed by atoms with Gasteiger partial charge in [-0.2, -0.15) is 0 Å². The Balaban J connectivity index is 2.16. The molecule has 120 valence electrons. The number of hydrogen-bond acceptors (Lipinski definition) is 7. The van der Waals surface area contributed by atoms with Crippen molar-refractivity contribution in [1.29, 1.82) is 0 Å². The monoisotopic (exact) mass is 720 g/mol. The Kier molecular flexibility index (Phi) is 8.24. The zero-order valence-electron chi connectivity index (χ0n) is 12.8. The van der Waals surface area contributed by atoms with Gasteiger partial charge in [0.25, 0.3) is 0 Å². The molecule has 1 saturated heterocycles. The van der Waals surface area contributed by atoms with Gasteiger partial charge in [-0.25, -0.2) is 0 Å². The van der Waals surface area contributed by atoms with E-state index in [1.165, 1.54) is 6.34 Å². The summed E-state index contributed by atoms with van der Waals surface area (Å²) in [5.74, 6) is 0.391. The molecule has 0 aromatic rings. The summed E-state index contributed by atoms with van der Waals surface area (Å²) in [5.41, 5.74) is 12.0. The summed E-state index contributed by atoms with van der Waals surface area (Å²) < 4.78 is 11.2. The van der Waals surface area contributed by atoms with Gasteiger partial charge >= 0.3 is 174 Å². The van der Waals surface area contributed by atoms with E-state index in [-0.39, 0.29) is 17.6 Å². The van der Waals surface area contributed by atoms with Gasteiger partial charge in [-0.1, -0.05) is 0 Å². The molecule has 2 rings (SSSR count). The van der Waals surface area contributed by atoms with Crippen LogP contribution in [-0.4, -0.2) is 112 Å². The third kappa shape index (κ3) is 4.88. The van der Waals surface area contributed by atoms with Gasteiger partial charge in [0.2, 0.25) is 0 Å². The fourth-order valence-electron chi connectivity index (χ4n) is 2.46. The Morgan fingerprint density at radius 1 is 1.61 bits per heavy atom. The van der Waals surface area contributed by atoms with Crippen molar-refractivity contribution in [2.75, 3.05) is 13.7 Å². The number of amidine groups is 1. The molecule has 4 unspecified atom stereocenters. The first-order valence-electron chi connectivity index (χ1n) is 6.96. The molecule has 0 aromatic carbocycles. The van der Waals surface area contributed by atoms with Gasteiger partial charge in [0.15, 0.2) is 0 Å². The van der Waals surface area contributed by atoms with Crippen molar-refractivity contribution in [3.63, 3.8) is 0 Å². The molecule has 0 radical (unpaired) electrons. The first kappa shape index (κ1) is 19.6. The van der Waals surface area contributed by atoms with Crippen molar-refractivity contribution in [1.82, 2.24) is 4.90 Å². The molecule has 0 aliphatic carbocycles. The van der Waals surface area contributed by atoms with E-state index in [2.05, 4.69) is 19.9 Å². The Morgan fingerprint density at radius 2 is 2.39 bits per heavy atom. The van der Waals surface area contributed by atoms with Gasteiger partial charge in [0.1, 0.15) is 0 Å². The van der Waals surface area contributed by atoms with Crippen LogP contribution in [0.25, 0.3) is 0 Å². The van der Waals surface area contributed by atoms with Gasteiger partial charge in [-0.05, 0) is 0 Å². The molecular weight excluding hydrogens is 701 g/mol. The molecule has 0 spiro atoms. The molecule has 2 aliphatic rings. The summed E-state index contributed by atoms with van der Waals surface area (Å²) in [7, 11) is 1.64. The Hall–Kier alpha value is 0.264. The summed E-state index contributed by atoms with van der Waals surface area (Å²) in [6.45, 7) is 0.746. The summed E-state index contributed by atoms with van der Waals surface area (Å²) in [4.78, 5) is 14.8. The number of hydrogen-bond donors (Lipinski definition) is 2. The number of aliphatic imine (C=N–C) groups is 3. The van der Waals surface area contributed by atoms with E-state index in [1.54, 1.807) is 13.4 Å². The first-order chi connectivity index (χ1) is 11.1. The van der Waals surface area contributed by atoms with Crippen LogP contribution in [0.1, 0.15) is 6.42 Å². The Labute approximate surface area is 172 Å². The molecule has 0 amide bonds. The molecule has 0 saturated carbocycles. The molecular formula is C12H18N6O2STl2. The average molecular weight is 719 g/mol. The van der Waals surface area contributed by atoms with Crippen molar-refractivity contribution in [2.24, 2.45) is 26.4 Å². The number of thioether (sulfide) groups is 1. The third-order valence-electron chi connectivity index (χ3n) is 3.63. The van der Waals surface area contributed by atoms with E-state index in [1.807, 2.05) is 17.8 Å². The van der Waals surface area contributed by atoms with Crippen LogP contribution in [0, 0.1) is 0 Å². The SMILES string of the molecule is CN=C(N)C1=CC(/N=C/N)N(C2CC([O][Tl])C(C[O][Tl])S2)C=N1. The predicted octanol–water partition coefficient (Wildman–Crippen LogP) is -1.09. The number of rotatable bonds is 6. The van der Waals surface area contributed by atoms with Crippen molar-refractivity contribution in [3.8, 4) is 0 Å². The van der Waals surface area contributed by atoms with Gasteiger partial charge in [-0.15, -0.1) is 0 Å². The Morgan fingerprint density at radius 3 is 3.00 bits per heavy atom. The Bertz CT molecular complexity index is 530. The predicted molar refractivity (Wildman–Crippen MR) is 94.5 cm³/mol. The minimum absolute atomic E-state index is 0.221. The maximum absolute atomic E-state index is 5.84. The third-order valence-corrected chi connectivity index (χ3v) is 7.28. The van der Waals surface area contributed by atoms with Gasteiger partial charge in [-0.3, -0.25) is 0 Å². The van der Waals surface area contributed by atoms with Gasteiger partial charge < -0.3 is 0 Å². The van der Waals surface area contributed by atoms with Crippen molar-refractivity contribution >= 4 is 82.7 Å². The van der Waals surface area contributed by atoms with E-state index < -0.39 is 0 Å². The number of nitrogens with two attached hydrogens (primary N) is 2. The van der Waals surface area contributed by atoms with Crippen LogP contribution in [0.5, 0.6) is 0 Å². The summed E-state index contributed by atoms with van der Waals surface area (Å²) in [6.07, 6.45) is 5.88. The van der Waals surface area contributed by atoms with Crippen molar-refractivity contribution < 1.29 is 5.37 Å². The van der Waals surface area contributed by atoms with Crippen LogP contribution in [0.4, 0.5) is 0 Å². The normalized spacial score (nSPS) is 31.7. The topological polar surface area (TPSA) is 111 Å². The molecule has 8 nitrogen and oxygen atoms in total. The van der Waals surface area contributed by atoms with E-state index in [9.17, 15) is 0 Å². The minimum atomic E-state index is -0.236. The van der Waals surface area contributed by atoms with Crippen LogP contribution in [0.2, 0.25) is 0 Å². The molecule has 2 aliphatic heterocycles. The van der Waals surface area contributed by atoms with Crippen LogP contribution in [-0.2, 0) is 5.37 Å². The second-order valence-corrected chi connectivity index (χ2v) is 8.71. The number of nitrogens with zero attached hydrogens (tertiary/aromatic N) is 4. The maximum atomic E-state index is 5.84. The molecule has 4 N–H and O–H groups in total. The zero-order valence-corrected chi connectivity index (χ0v) is 22.6. The van der Waals surface area contributed by atoms with E-state index in [4.69, 9.17) is 16.8 Å². The molecule has 0 bridgehead atoms. The molecule has 11 heteroatoms. The van der Waals surface area contributed by atoms with Crippen LogP contribution in [0.3, 0.4) is 0 Å². The molecule has 1 fully saturated rings. The van der Waals surface area contributed by atoms with Gasteiger partial charge in [0.05, 0.1) is 0 Å². The fourth-order valence-corrected chi connectivity index (χ4v) is 6.95. The summed E-state index contributed by atoms with van der Waals surface area (Å²) in [5, 5.41) is 0.581. The summed E-state index contributed by atoms with van der Waals surface area (Å²) in [6, 6.07) is 0. The molecule has 23 heavy (non-hydrogen) atoms. The molecule has 2 heterocycles. The second-order valence-electron chi connectivity index (χ2n) is 4.94. The van der Waals surface area contributed by atoms with Crippen molar-refractivity contribution in [3.05, 3.63) is 11.8 Å². The van der Waals surface area contributed by atoms with Gasteiger partial charge in [0, 0.05) is 0 Å². The van der Waals surface area contributed by atoms with Crippen LogP contribution in [0.15, 0.2) is 26.8 Å². The molecule has 4 atom stereocenters. The van der Waals surface area contributed by atoms with Crippen LogP contribution < -0.4 is 11.5 Å². The quantitative estimate of drug-likeness (QED) is 0.206. The first-order valence-corrected chi connectivity index (χ1v) is 11.6. The summed E-state index contributed by atoms with van der Waals surface area (Å²) >= 11 is 2.92. The molecule has 0 aromatic heterocycles. The second kappa shape index (κ2) is 9.67. The van der Waals surface area contributed by atoms with E-state index >= 15 is 0 Å². The standard InChI is InChI=1S/C12H18N6O2S.2Tl/c1-15-12(14)7-2-10(16-5-13)18(6-17-7)11-3-8(20)9(4-19)21-11;;/h2,5-6,8-11H,3-4H2,1H3,(H2,13,16)(H2,14,15);;/q-2;2*+1. The zero-order chi connectivity index (χ0) is 16.8. The van der Waals surface area contributed by atoms with E-state index in [0.717, 1.165) is 13.0 Å². The van der Waals surface area contributed by atoms with Crippen molar-refractivity contribution in [2.45, 2.75) is 29.3 Å².